The minimum atomic E-state index is -0.660. The Bertz CT molecular complexity index is 1110. The van der Waals surface area contributed by atoms with Gasteiger partial charge in [0.2, 0.25) is 0 Å². The van der Waals surface area contributed by atoms with Crippen LogP contribution in [0.2, 0.25) is 0 Å². The Labute approximate surface area is 206 Å². The quantitative estimate of drug-likeness (QED) is 0.257. The molecule has 0 saturated carbocycles. The van der Waals surface area contributed by atoms with Crippen LogP contribution in [0.3, 0.4) is 0 Å². The zero-order valence-electron chi connectivity index (χ0n) is 20.1. The van der Waals surface area contributed by atoms with E-state index < -0.39 is 17.7 Å². The van der Waals surface area contributed by atoms with Crippen LogP contribution < -0.4 is 4.74 Å². The van der Waals surface area contributed by atoms with Crippen LogP contribution in [0.5, 0.6) is 5.75 Å². The molecule has 0 aromatic heterocycles. The summed E-state index contributed by atoms with van der Waals surface area (Å²) in [5.41, 5.74) is 2.20. The maximum absolute atomic E-state index is 13.2. The summed E-state index contributed by atoms with van der Waals surface area (Å²) in [5.74, 6) is -0.742. The Hall–Kier alpha value is -3.42. The summed E-state index contributed by atoms with van der Waals surface area (Å²) in [5, 5.41) is 11.3. The van der Waals surface area contributed by atoms with E-state index in [-0.39, 0.29) is 11.3 Å². The van der Waals surface area contributed by atoms with Crippen LogP contribution >= 0.6 is 0 Å². The largest absolute Gasteiger partial charge is 0.507 e. The maximum atomic E-state index is 13.2. The van der Waals surface area contributed by atoms with Gasteiger partial charge in [0.1, 0.15) is 18.1 Å². The highest BCUT2D eigenvalue weighted by molar-refractivity contribution is 6.46. The highest BCUT2D eigenvalue weighted by Gasteiger charge is 2.45. The number of morpholine rings is 1. The van der Waals surface area contributed by atoms with Gasteiger partial charge in [0.15, 0.2) is 0 Å². The van der Waals surface area contributed by atoms with Crippen LogP contribution in [0, 0.1) is 6.92 Å². The van der Waals surface area contributed by atoms with Crippen LogP contribution in [-0.4, -0.2) is 72.6 Å². The van der Waals surface area contributed by atoms with Gasteiger partial charge >= 0.3 is 0 Å². The van der Waals surface area contributed by atoms with E-state index in [4.69, 9.17) is 9.47 Å². The van der Waals surface area contributed by atoms with Gasteiger partial charge in [-0.05, 0) is 42.7 Å². The number of Topliss-reactive ketones (excluding diaryl/α,β-unsaturated/α-hetero) is 1. The molecule has 0 aliphatic carbocycles. The number of hydrogen-bond acceptors (Lipinski definition) is 6. The van der Waals surface area contributed by atoms with Crippen LogP contribution in [0.4, 0.5) is 0 Å². The fourth-order valence-corrected chi connectivity index (χ4v) is 4.64. The Morgan fingerprint density at radius 1 is 1.14 bits per heavy atom. The molecule has 2 aliphatic heterocycles. The summed E-state index contributed by atoms with van der Waals surface area (Å²) in [4.78, 5) is 30.2. The van der Waals surface area contributed by atoms with Gasteiger partial charge < -0.3 is 19.5 Å². The Morgan fingerprint density at radius 2 is 1.89 bits per heavy atom. The molecule has 2 aliphatic rings. The highest BCUT2D eigenvalue weighted by atomic mass is 16.5. The normalized spacial score (nSPS) is 20.3. The summed E-state index contributed by atoms with van der Waals surface area (Å²) in [6, 6.07) is 14.0. The number of likely N-dealkylation sites (tertiary alicyclic amines) is 1. The molecule has 2 heterocycles. The van der Waals surface area contributed by atoms with Crippen molar-refractivity contribution in [3.8, 4) is 5.75 Å². The Morgan fingerprint density at radius 3 is 2.57 bits per heavy atom. The van der Waals surface area contributed by atoms with Crippen molar-refractivity contribution in [3.05, 3.63) is 83.4 Å². The van der Waals surface area contributed by atoms with Crippen molar-refractivity contribution in [1.82, 2.24) is 9.80 Å². The molecule has 7 heteroatoms. The molecule has 1 atom stereocenters. The zero-order chi connectivity index (χ0) is 24.8. The predicted octanol–water partition coefficient (Wildman–Crippen LogP) is 3.70. The number of carbonyl (C=O) groups is 2. The second kappa shape index (κ2) is 11.3. The highest BCUT2D eigenvalue weighted by Crippen LogP contribution is 2.39. The van der Waals surface area contributed by atoms with Gasteiger partial charge in [-0.3, -0.25) is 14.5 Å². The van der Waals surface area contributed by atoms with Gasteiger partial charge in [0, 0.05) is 31.7 Å². The van der Waals surface area contributed by atoms with Crippen molar-refractivity contribution in [2.75, 3.05) is 46.0 Å². The summed E-state index contributed by atoms with van der Waals surface area (Å²) in [6.07, 6.45) is 2.39. The number of ether oxygens (including phenoxy) is 2. The molecule has 2 fully saturated rings. The molecule has 0 spiro atoms. The average molecular weight is 477 g/mol. The number of benzene rings is 2. The van der Waals surface area contributed by atoms with E-state index in [1.807, 2.05) is 37.3 Å². The number of aliphatic hydroxyl groups is 1. The second-order valence-electron chi connectivity index (χ2n) is 8.79. The molecule has 1 amide bonds. The first kappa shape index (κ1) is 24.7. The lowest BCUT2D eigenvalue weighted by atomic mass is 9.95. The lowest BCUT2D eigenvalue weighted by Crippen LogP contribution is -2.38. The molecule has 184 valence electrons. The molecular weight excluding hydrogens is 444 g/mol. The van der Waals surface area contributed by atoms with E-state index in [2.05, 4.69) is 11.5 Å². The van der Waals surface area contributed by atoms with E-state index in [9.17, 15) is 14.7 Å². The number of hydrogen-bond donors (Lipinski definition) is 1. The van der Waals surface area contributed by atoms with Crippen molar-refractivity contribution in [1.29, 1.82) is 0 Å². The molecule has 7 nitrogen and oxygen atoms in total. The Balaban J connectivity index is 1.64. The van der Waals surface area contributed by atoms with E-state index in [1.54, 1.807) is 29.2 Å². The number of ketones is 1. The molecule has 35 heavy (non-hydrogen) atoms. The SMILES string of the molecule is C=CCOc1ccc(/C(O)=C2\C(=O)C(=O)N(CCCN3CCOCC3)C2c2ccccc2)cc1C. The minimum absolute atomic E-state index is 0.117. The molecule has 2 saturated heterocycles. The van der Waals surface area contributed by atoms with Crippen molar-refractivity contribution >= 4 is 17.4 Å². The van der Waals surface area contributed by atoms with Gasteiger partial charge in [-0.1, -0.05) is 43.0 Å². The average Bonchev–Trinajstić information content (AvgIpc) is 3.13. The predicted molar refractivity (Wildman–Crippen MR) is 134 cm³/mol. The minimum Gasteiger partial charge on any atom is -0.507 e. The van der Waals surface area contributed by atoms with Crippen LogP contribution in [0.1, 0.15) is 29.2 Å². The number of nitrogens with zero attached hydrogens (tertiary/aromatic N) is 2. The maximum Gasteiger partial charge on any atom is 0.295 e. The molecular formula is C28H32N2O5. The van der Waals surface area contributed by atoms with E-state index in [0.29, 0.717) is 37.7 Å². The second-order valence-corrected chi connectivity index (χ2v) is 8.79. The van der Waals surface area contributed by atoms with Crippen molar-refractivity contribution in [3.63, 3.8) is 0 Å². The summed E-state index contributed by atoms with van der Waals surface area (Å²) < 4.78 is 11.0. The van der Waals surface area contributed by atoms with Gasteiger partial charge in [0.05, 0.1) is 24.8 Å². The van der Waals surface area contributed by atoms with Crippen molar-refractivity contribution < 1.29 is 24.2 Å². The number of aliphatic hydroxyl groups excluding tert-OH is 1. The molecule has 1 N–H and O–H groups in total. The van der Waals surface area contributed by atoms with Gasteiger partial charge in [-0.15, -0.1) is 0 Å². The number of amides is 1. The number of aryl methyl sites for hydroxylation is 1. The van der Waals surface area contributed by atoms with Crippen molar-refractivity contribution in [2.45, 2.75) is 19.4 Å². The van der Waals surface area contributed by atoms with Gasteiger partial charge in [-0.25, -0.2) is 0 Å². The zero-order valence-corrected chi connectivity index (χ0v) is 20.1. The lowest BCUT2D eigenvalue weighted by molar-refractivity contribution is -0.140. The van der Waals surface area contributed by atoms with E-state index in [0.717, 1.165) is 37.2 Å². The van der Waals surface area contributed by atoms with Crippen LogP contribution in [-0.2, 0) is 14.3 Å². The molecule has 2 aromatic rings. The topological polar surface area (TPSA) is 79.3 Å². The first-order valence-corrected chi connectivity index (χ1v) is 12.0. The van der Waals surface area contributed by atoms with E-state index >= 15 is 0 Å². The third-order valence-electron chi connectivity index (χ3n) is 6.44. The van der Waals surface area contributed by atoms with Crippen molar-refractivity contribution in [2.24, 2.45) is 0 Å². The smallest absolute Gasteiger partial charge is 0.295 e. The Kier molecular flexibility index (Phi) is 8.00. The van der Waals surface area contributed by atoms with E-state index in [1.165, 1.54) is 0 Å². The number of rotatable bonds is 9. The summed E-state index contributed by atoms with van der Waals surface area (Å²) in [7, 11) is 0. The lowest BCUT2D eigenvalue weighted by Gasteiger charge is -2.29. The molecule has 4 rings (SSSR count). The summed E-state index contributed by atoms with van der Waals surface area (Å²) >= 11 is 0. The first-order chi connectivity index (χ1) is 17.0. The molecule has 2 aromatic carbocycles. The monoisotopic (exact) mass is 476 g/mol. The number of carbonyl (C=O) groups excluding carboxylic acids is 2. The van der Waals surface area contributed by atoms with Gasteiger partial charge in [0.25, 0.3) is 11.7 Å². The molecule has 0 radical (unpaired) electrons. The fraction of sp³-hybridized carbons (Fsp3) is 0.357. The standard InChI is InChI=1S/C28H32N2O5/c1-3-16-35-23-11-10-22(19-20(23)2)26(31)24-25(21-8-5-4-6-9-21)30(28(33)27(24)32)13-7-12-29-14-17-34-18-15-29/h3-6,8-11,19,25,31H,1,7,12-18H2,2H3/b26-24+. The fourth-order valence-electron chi connectivity index (χ4n) is 4.64. The third kappa shape index (κ3) is 5.47. The van der Waals surface area contributed by atoms with Crippen LogP contribution in [0.25, 0.3) is 5.76 Å². The first-order valence-electron chi connectivity index (χ1n) is 12.0. The molecule has 0 bridgehead atoms. The summed E-state index contributed by atoms with van der Waals surface area (Å²) in [6.45, 7) is 10.3. The third-order valence-corrected chi connectivity index (χ3v) is 6.44. The molecule has 1 unspecified atom stereocenters. The van der Waals surface area contributed by atoms with Crippen LogP contribution in [0.15, 0.2) is 66.8 Å². The van der Waals surface area contributed by atoms with Gasteiger partial charge in [-0.2, -0.15) is 0 Å².